The van der Waals surface area contributed by atoms with Crippen LogP contribution in [-0.4, -0.2) is 56.3 Å². The van der Waals surface area contributed by atoms with E-state index < -0.39 is 15.8 Å². The van der Waals surface area contributed by atoms with Crippen molar-refractivity contribution in [3.05, 3.63) is 65.5 Å². The van der Waals surface area contributed by atoms with Crippen LogP contribution in [0.1, 0.15) is 30.0 Å². The first-order valence-electron chi connectivity index (χ1n) is 10.3. The van der Waals surface area contributed by atoms with Gasteiger partial charge in [-0.15, -0.1) is 0 Å². The molecular weight excluding hydrogens is 405 g/mol. The zero-order chi connectivity index (χ0) is 21.1. The van der Waals surface area contributed by atoms with E-state index in [1.165, 1.54) is 27.6 Å². The molecule has 0 unspecified atom stereocenters. The molecule has 1 atom stereocenters. The number of aryl methyl sites for hydroxylation is 1. The quantitative estimate of drug-likeness (QED) is 0.789. The first-order valence-corrected chi connectivity index (χ1v) is 11.7. The minimum atomic E-state index is -3.65. The van der Waals surface area contributed by atoms with Gasteiger partial charge in [-0.1, -0.05) is 24.3 Å². The topological polar surface area (TPSA) is 69.7 Å². The summed E-state index contributed by atoms with van der Waals surface area (Å²) < 4.78 is 39.9. The Morgan fingerprint density at radius 3 is 2.47 bits per heavy atom. The molecule has 1 amide bonds. The molecule has 4 rings (SSSR count). The maximum Gasteiger partial charge on any atom is 0.243 e. The number of fused-ring (bicyclic) bond motifs is 1. The van der Waals surface area contributed by atoms with E-state index in [0.29, 0.717) is 26.2 Å². The van der Waals surface area contributed by atoms with Crippen LogP contribution in [0.2, 0.25) is 0 Å². The minimum absolute atomic E-state index is 0.0356. The average molecular weight is 432 g/mol. The van der Waals surface area contributed by atoms with E-state index in [-0.39, 0.29) is 23.4 Å². The number of nitrogens with one attached hydrogen (secondary N) is 1. The van der Waals surface area contributed by atoms with Crippen LogP contribution in [-0.2, 0) is 21.2 Å². The molecule has 0 radical (unpaired) electrons. The second-order valence-electron chi connectivity index (χ2n) is 7.85. The van der Waals surface area contributed by atoms with Crippen LogP contribution in [0, 0.1) is 5.82 Å². The van der Waals surface area contributed by atoms with Crippen LogP contribution in [0.15, 0.2) is 53.4 Å². The zero-order valence-electron chi connectivity index (χ0n) is 16.8. The van der Waals surface area contributed by atoms with Crippen LogP contribution in [0.3, 0.4) is 0 Å². The van der Waals surface area contributed by atoms with Gasteiger partial charge < -0.3 is 5.32 Å². The standard InChI is InChI=1S/C22H26FN3O3S/c23-18-8-10-19(11-9-18)30(28,29)26-14-12-25(13-15-26)16-22(27)24-21-7-3-5-17-4-1-2-6-20(17)21/h1-2,4,6,8-11,21H,3,5,7,12-16H2,(H,24,27)/t21-/m0/s1. The van der Waals surface area contributed by atoms with Gasteiger partial charge in [-0.2, -0.15) is 4.31 Å². The highest BCUT2D eigenvalue weighted by Gasteiger charge is 2.29. The van der Waals surface area contributed by atoms with Gasteiger partial charge in [-0.25, -0.2) is 12.8 Å². The number of hydrogen-bond acceptors (Lipinski definition) is 4. The number of benzene rings is 2. The van der Waals surface area contributed by atoms with Crippen LogP contribution >= 0.6 is 0 Å². The Labute approximate surface area is 176 Å². The number of carbonyl (C=O) groups excluding carboxylic acids is 1. The van der Waals surface area contributed by atoms with Gasteiger partial charge in [-0.05, 0) is 54.7 Å². The lowest BCUT2D eigenvalue weighted by molar-refractivity contribution is -0.123. The van der Waals surface area contributed by atoms with Crippen molar-refractivity contribution in [2.75, 3.05) is 32.7 Å². The number of nitrogens with zero attached hydrogens (tertiary/aromatic N) is 2. The number of carbonyl (C=O) groups is 1. The molecular formula is C22H26FN3O3S. The Morgan fingerprint density at radius 2 is 1.73 bits per heavy atom. The van der Waals surface area contributed by atoms with E-state index in [0.717, 1.165) is 31.4 Å². The van der Waals surface area contributed by atoms with Gasteiger partial charge in [0.05, 0.1) is 17.5 Å². The second-order valence-corrected chi connectivity index (χ2v) is 9.78. The number of piperazine rings is 1. The summed E-state index contributed by atoms with van der Waals surface area (Å²) >= 11 is 0. The molecule has 160 valence electrons. The van der Waals surface area contributed by atoms with Crippen molar-refractivity contribution in [2.24, 2.45) is 0 Å². The molecule has 2 aromatic carbocycles. The zero-order valence-corrected chi connectivity index (χ0v) is 17.6. The van der Waals surface area contributed by atoms with E-state index in [1.807, 2.05) is 17.0 Å². The van der Waals surface area contributed by atoms with E-state index in [9.17, 15) is 17.6 Å². The first-order chi connectivity index (χ1) is 14.4. The highest BCUT2D eigenvalue weighted by atomic mass is 32.2. The van der Waals surface area contributed by atoms with Crippen molar-refractivity contribution in [1.82, 2.24) is 14.5 Å². The molecule has 1 saturated heterocycles. The molecule has 8 heteroatoms. The molecule has 1 aliphatic carbocycles. The fourth-order valence-corrected chi connectivity index (χ4v) is 5.65. The molecule has 30 heavy (non-hydrogen) atoms. The molecule has 2 aliphatic rings. The number of hydrogen-bond donors (Lipinski definition) is 1. The third-order valence-corrected chi connectivity index (χ3v) is 7.77. The van der Waals surface area contributed by atoms with E-state index in [1.54, 1.807) is 0 Å². The summed E-state index contributed by atoms with van der Waals surface area (Å²) in [5.74, 6) is -0.503. The van der Waals surface area contributed by atoms with Crippen molar-refractivity contribution in [3.8, 4) is 0 Å². The largest absolute Gasteiger partial charge is 0.348 e. The van der Waals surface area contributed by atoms with Crippen LogP contribution in [0.4, 0.5) is 4.39 Å². The van der Waals surface area contributed by atoms with Gasteiger partial charge in [-0.3, -0.25) is 9.69 Å². The monoisotopic (exact) mass is 431 g/mol. The maximum atomic E-state index is 13.1. The smallest absolute Gasteiger partial charge is 0.243 e. The van der Waals surface area contributed by atoms with Gasteiger partial charge in [0.15, 0.2) is 0 Å². The van der Waals surface area contributed by atoms with Crippen molar-refractivity contribution >= 4 is 15.9 Å². The highest BCUT2D eigenvalue weighted by Crippen LogP contribution is 2.29. The Hall–Kier alpha value is -2.29. The molecule has 0 saturated carbocycles. The van der Waals surface area contributed by atoms with Crippen LogP contribution < -0.4 is 5.32 Å². The van der Waals surface area contributed by atoms with Gasteiger partial charge >= 0.3 is 0 Å². The van der Waals surface area contributed by atoms with Crippen LogP contribution in [0.25, 0.3) is 0 Å². The van der Waals surface area contributed by atoms with E-state index in [4.69, 9.17) is 0 Å². The molecule has 6 nitrogen and oxygen atoms in total. The molecule has 1 heterocycles. The summed E-state index contributed by atoms with van der Waals surface area (Å²) in [6, 6.07) is 13.1. The maximum absolute atomic E-state index is 13.1. The Morgan fingerprint density at radius 1 is 1.03 bits per heavy atom. The number of halogens is 1. The number of amides is 1. The summed E-state index contributed by atoms with van der Waals surface area (Å²) in [6.45, 7) is 1.83. The van der Waals surface area contributed by atoms with Crippen molar-refractivity contribution in [3.63, 3.8) is 0 Å². The average Bonchev–Trinajstić information content (AvgIpc) is 2.75. The van der Waals surface area contributed by atoms with Gasteiger partial charge in [0.1, 0.15) is 5.82 Å². The SMILES string of the molecule is O=C(CN1CCN(S(=O)(=O)c2ccc(F)cc2)CC1)N[C@H]1CCCc2ccccc21. The predicted octanol–water partition coefficient (Wildman–Crippen LogP) is 2.33. The van der Waals surface area contributed by atoms with E-state index in [2.05, 4.69) is 17.4 Å². The molecule has 2 aromatic rings. The lowest BCUT2D eigenvalue weighted by Crippen LogP contribution is -2.51. The van der Waals surface area contributed by atoms with Crippen molar-refractivity contribution < 1.29 is 17.6 Å². The summed E-state index contributed by atoms with van der Waals surface area (Å²) in [6.07, 6.45) is 3.04. The second kappa shape index (κ2) is 8.83. The van der Waals surface area contributed by atoms with E-state index >= 15 is 0 Å². The highest BCUT2D eigenvalue weighted by molar-refractivity contribution is 7.89. The Balaban J connectivity index is 1.31. The lowest BCUT2D eigenvalue weighted by Gasteiger charge is -2.34. The lowest BCUT2D eigenvalue weighted by atomic mass is 9.88. The molecule has 1 aliphatic heterocycles. The van der Waals surface area contributed by atoms with Gasteiger partial charge in [0.25, 0.3) is 0 Å². The fraction of sp³-hybridized carbons (Fsp3) is 0.409. The molecule has 0 aromatic heterocycles. The van der Waals surface area contributed by atoms with Crippen molar-refractivity contribution in [1.29, 1.82) is 0 Å². The summed E-state index contributed by atoms with van der Waals surface area (Å²) in [7, 11) is -3.65. The third-order valence-electron chi connectivity index (χ3n) is 5.85. The number of rotatable bonds is 5. The molecule has 1 N–H and O–H groups in total. The van der Waals surface area contributed by atoms with Crippen LogP contribution in [0.5, 0.6) is 0 Å². The first kappa shape index (κ1) is 21.0. The Kier molecular flexibility index (Phi) is 6.17. The summed E-state index contributed by atoms with van der Waals surface area (Å²) in [5, 5.41) is 3.15. The molecule has 1 fully saturated rings. The summed E-state index contributed by atoms with van der Waals surface area (Å²) in [5.41, 5.74) is 2.50. The van der Waals surface area contributed by atoms with Crippen molar-refractivity contribution in [2.45, 2.75) is 30.2 Å². The molecule has 0 bridgehead atoms. The summed E-state index contributed by atoms with van der Waals surface area (Å²) in [4.78, 5) is 14.7. The number of sulfonamides is 1. The van der Waals surface area contributed by atoms with Gasteiger partial charge in [0.2, 0.25) is 15.9 Å². The normalized spacial score (nSPS) is 20.5. The minimum Gasteiger partial charge on any atom is -0.348 e. The fourth-order valence-electron chi connectivity index (χ4n) is 4.23. The third kappa shape index (κ3) is 4.55. The Bertz CT molecular complexity index is 1000. The predicted molar refractivity (Wildman–Crippen MR) is 112 cm³/mol. The van der Waals surface area contributed by atoms with Gasteiger partial charge in [0, 0.05) is 26.2 Å². The molecule has 0 spiro atoms.